The maximum Gasteiger partial charge on any atom is 0.257 e. The lowest BCUT2D eigenvalue weighted by atomic mass is 10.1. The van der Waals surface area contributed by atoms with Gasteiger partial charge in [-0.1, -0.05) is 38.8 Å². The molecule has 2 aromatic carbocycles. The number of aromatic nitrogens is 2. The van der Waals surface area contributed by atoms with E-state index in [0.717, 1.165) is 21.3 Å². The van der Waals surface area contributed by atoms with Gasteiger partial charge in [-0.3, -0.25) is 9.69 Å². The Morgan fingerprint density at radius 1 is 1.19 bits per heavy atom. The highest BCUT2D eigenvalue weighted by molar-refractivity contribution is 9.10. The van der Waals surface area contributed by atoms with E-state index in [-0.39, 0.29) is 12.5 Å². The van der Waals surface area contributed by atoms with Crippen molar-refractivity contribution in [2.45, 2.75) is 20.4 Å². The predicted octanol–water partition coefficient (Wildman–Crippen LogP) is 4.19. The largest absolute Gasteiger partial charge is 0.334 e. The molecule has 0 bridgehead atoms. The minimum absolute atomic E-state index is 0.0924. The van der Waals surface area contributed by atoms with E-state index >= 15 is 0 Å². The van der Waals surface area contributed by atoms with Gasteiger partial charge >= 0.3 is 0 Å². The lowest BCUT2D eigenvalue weighted by Crippen LogP contribution is -2.30. The Hall–Kier alpha value is -2.51. The van der Waals surface area contributed by atoms with Crippen LogP contribution in [0.15, 0.2) is 51.5 Å². The molecule has 0 saturated carbocycles. The molecule has 0 aliphatic carbocycles. The SMILES string of the molecule is Cc1ccc(-c2nc(CN(C)CC(=O)Nc3ccc(Br)cc3C)no2)cc1. The quantitative estimate of drug-likeness (QED) is 0.637. The lowest BCUT2D eigenvalue weighted by molar-refractivity contribution is -0.117. The van der Waals surface area contributed by atoms with Crippen LogP contribution in [0.5, 0.6) is 0 Å². The maximum atomic E-state index is 12.3. The molecule has 3 aromatic rings. The molecule has 0 unspecified atom stereocenters. The highest BCUT2D eigenvalue weighted by atomic mass is 79.9. The van der Waals surface area contributed by atoms with Gasteiger partial charge in [0.15, 0.2) is 5.82 Å². The molecule has 7 heteroatoms. The molecule has 27 heavy (non-hydrogen) atoms. The third-order valence-electron chi connectivity index (χ3n) is 4.05. The first-order chi connectivity index (χ1) is 12.9. The van der Waals surface area contributed by atoms with Crippen LogP contribution in [0.3, 0.4) is 0 Å². The number of carbonyl (C=O) groups is 1. The van der Waals surface area contributed by atoms with Crippen LogP contribution in [0, 0.1) is 13.8 Å². The number of nitrogens with one attached hydrogen (secondary N) is 1. The van der Waals surface area contributed by atoms with Crippen LogP contribution in [0.25, 0.3) is 11.5 Å². The number of carbonyl (C=O) groups excluding carboxylic acids is 1. The highest BCUT2D eigenvalue weighted by Gasteiger charge is 2.13. The minimum Gasteiger partial charge on any atom is -0.334 e. The van der Waals surface area contributed by atoms with Crippen LogP contribution in [0.4, 0.5) is 5.69 Å². The highest BCUT2D eigenvalue weighted by Crippen LogP contribution is 2.20. The van der Waals surface area contributed by atoms with E-state index in [4.69, 9.17) is 4.52 Å². The van der Waals surface area contributed by atoms with Gasteiger partial charge in [-0.05, 0) is 56.8 Å². The van der Waals surface area contributed by atoms with Gasteiger partial charge in [0.05, 0.1) is 13.1 Å². The van der Waals surface area contributed by atoms with Crippen LogP contribution in [0.2, 0.25) is 0 Å². The van der Waals surface area contributed by atoms with E-state index < -0.39 is 0 Å². The first kappa shape index (κ1) is 19.3. The third kappa shape index (κ3) is 5.24. The van der Waals surface area contributed by atoms with Crippen molar-refractivity contribution in [3.63, 3.8) is 0 Å². The molecule has 0 aliphatic rings. The molecule has 0 aliphatic heterocycles. The smallest absolute Gasteiger partial charge is 0.257 e. The zero-order valence-electron chi connectivity index (χ0n) is 15.5. The first-order valence-corrected chi connectivity index (χ1v) is 9.34. The van der Waals surface area contributed by atoms with Crippen LogP contribution in [-0.4, -0.2) is 34.5 Å². The zero-order valence-corrected chi connectivity index (χ0v) is 17.1. The Bertz CT molecular complexity index is 937. The second-order valence-electron chi connectivity index (χ2n) is 6.56. The number of likely N-dealkylation sites (N-methyl/N-ethyl adjacent to an activating group) is 1. The summed E-state index contributed by atoms with van der Waals surface area (Å²) in [6.07, 6.45) is 0. The Morgan fingerprint density at radius 2 is 1.93 bits per heavy atom. The Morgan fingerprint density at radius 3 is 2.63 bits per heavy atom. The number of rotatable bonds is 6. The molecule has 0 radical (unpaired) electrons. The maximum absolute atomic E-state index is 12.3. The summed E-state index contributed by atoms with van der Waals surface area (Å²) in [6.45, 7) is 4.63. The minimum atomic E-state index is -0.0924. The van der Waals surface area contributed by atoms with Crippen LogP contribution < -0.4 is 5.32 Å². The Balaban J connectivity index is 1.56. The number of aryl methyl sites for hydroxylation is 2. The number of anilines is 1. The lowest BCUT2D eigenvalue weighted by Gasteiger charge is -2.15. The van der Waals surface area contributed by atoms with Gasteiger partial charge in [0.2, 0.25) is 5.91 Å². The molecule has 0 fully saturated rings. The number of amides is 1. The Labute approximate surface area is 166 Å². The van der Waals surface area contributed by atoms with Crippen molar-refractivity contribution >= 4 is 27.5 Å². The van der Waals surface area contributed by atoms with Gasteiger partial charge < -0.3 is 9.84 Å². The number of benzene rings is 2. The van der Waals surface area contributed by atoms with Gasteiger partial charge in [0.1, 0.15) is 0 Å². The van der Waals surface area contributed by atoms with Crippen molar-refractivity contribution in [1.29, 1.82) is 0 Å². The third-order valence-corrected chi connectivity index (χ3v) is 4.55. The second kappa shape index (κ2) is 8.45. The van der Waals surface area contributed by atoms with E-state index in [0.29, 0.717) is 18.3 Å². The molecule has 1 aromatic heterocycles. The normalized spacial score (nSPS) is 11.0. The summed E-state index contributed by atoms with van der Waals surface area (Å²) in [6, 6.07) is 13.6. The van der Waals surface area contributed by atoms with Crippen molar-refractivity contribution in [2.24, 2.45) is 0 Å². The molecular formula is C20H21BrN4O2. The van der Waals surface area contributed by atoms with Crippen molar-refractivity contribution in [2.75, 3.05) is 18.9 Å². The monoisotopic (exact) mass is 428 g/mol. The summed E-state index contributed by atoms with van der Waals surface area (Å²) in [5.41, 5.74) is 3.86. The standard InChI is InChI=1S/C20H21BrN4O2/c1-13-4-6-15(7-5-13)20-23-18(24-27-20)11-25(3)12-19(26)22-17-9-8-16(21)10-14(17)2/h4-10H,11-12H2,1-3H3,(H,22,26). The first-order valence-electron chi connectivity index (χ1n) is 8.55. The summed E-state index contributed by atoms with van der Waals surface area (Å²) in [5.74, 6) is 0.930. The molecule has 1 N–H and O–H groups in total. The van der Waals surface area contributed by atoms with E-state index in [1.165, 1.54) is 5.56 Å². The number of nitrogens with zero attached hydrogens (tertiary/aromatic N) is 3. The molecular weight excluding hydrogens is 408 g/mol. The molecule has 1 heterocycles. The fourth-order valence-corrected chi connectivity index (χ4v) is 3.11. The molecule has 0 atom stereocenters. The topological polar surface area (TPSA) is 71.3 Å². The van der Waals surface area contributed by atoms with Gasteiger partial charge in [0.25, 0.3) is 5.89 Å². The summed E-state index contributed by atoms with van der Waals surface area (Å²) in [7, 11) is 1.84. The molecule has 1 amide bonds. The molecule has 3 rings (SSSR count). The molecule has 140 valence electrons. The van der Waals surface area contributed by atoms with Crippen molar-refractivity contribution in [3.8, 4) is 11.5 Å². The molecule has 0 spiro atoms. The van der Waals surface area contributed by atoms with Gasteiger partial charge in [0, 0.05) is 15.7 Å². The van der Waals surface area contributed by atoms with Gasteiger partial charge in [-0.2, -0.15) is 4.98 Å². The summed E-state index contributed by atoms with van der Waals surface area (Å²) >= 11 is 3.42. The summed E-state index contributed by atoms with van der Waals surface area (Å²) < 4.78 is 6.31. The average Bonchev–Trinajstić information content (AvgIpc) is 3.06. The number of halogens is 1. The van der Waals surface area contributed by atoms with Crippen molar-refractivity contribution < 1.29 is 9.32 Å². The average molecular weight is 429 g/mol. The number of hydrogen-bond acceptors (Lipinski definition) is 5. The van der Waals surface area contributed by atoms with E-state index in [1.807, 2.05) is 68.3 Å². The predicted molar refractivity (Wildman–Crippen MR) is 108 cm³/mol. The Kier molecular flexibility index (Phi) is 6.03. The second-order valence-corrected chi connectivity index (χ2v) is 7.48. The molecule has 0 saturated heterocycles. The van der Waals surface area contributed by atoms with Crippen molar-refractivity contribution in [1.82, 2.24) is 15.0 Å². The number of hydrogen-bond donors (Lipinski definition) is 1. The van der Waals surface area contributed by atoms with Crippen LogP contribution in [0.1, 0.15) is 17.0 Å². The van der Waals surface area contributed by atoms with E-state index in [1.54, 1.807) is 0 Å². The van der Waals surface area contributed by atoms with Crippen molar-refractivity contribution in [3.05, 3.63) is 63.9 Å². The zero-order chi connectivity index (χ0) is 19.4. The van der Waals surface area contributed by atoms with E-state index in [9.17, 15) is 4.79 Å². The fourth-order valence-electron chi connectivity index (χ4n) is 2.63. The van der Waals surface area contributed by atoms with E-state index in [2.05, 4.69) is 31.4 Å². The summed E-state index contributed by atoms with van der Waals surface area (Å²) in [5, 5.41) is 6.93. The van der Waals surface area contributed by atoms with Crippen LogP contribution >= 0.6 is 15.9 Å². The van der Waals surface area contributed by atoms with Gasteiger partial charge in [-0.25, -0.2) is 0 Å². The van der Waals surface area contributed by atoms with Crippen LogP contribution in [-0.2, 0) is 11.3 Å². The van der Waals surface area contributed by atoms with Gasteiger partial charge in [-0.15, -0.1) is 0 Å². The summed E-state index contributed by atoms with van der Waals surface area (Å²) in [4.78, 5) is 18.5. The molecule has 6 nitrogen and oxygen atoms in total. The fraction of sp³-hybridized carbons (Fsp3) is 0.250.